The van der Waals surface area contributed by atoms with Gasteiger partial charge in [0.25, 0.3) is 0 Å². The van der Waals surface area contributed by atoms with Crippen molar-refractivity contribution >= 4 is 21.4 Å². The van der Waals surface area contributed by atoms with Gasteiger partial charge >= 0.3 is 0 Å². The van der Waals surface area contributed by atoms with Crippen LogP contribution in [0.5, 0.6) is 0 Å². The lowest BCUT2D eigenvalue weighted by Gasteiger charge is -2.30. The molecule has 31 heavy (non-hydrogen) atoms. The van der Waals surface area contributed by atoms with Crippen molar-refractivity contribution in [2.75, 3.05) is 11.1 Å². The number of aromatic nitrogens is 2. The van der Waals surface area contributed by atoms with E-state index in [9.17, 15) is 22.0 Å². The van der Waals surface area contributed by atoms with Crippen molar-refractivity contribution in [3.05, 3.63) is 41.2 Å². The highest BCUT2D eigenvalue weighted by Crippen LogP contribution is 2.52. The van der Waals surface area contributed by atoms with Gasteiger partial charge in [-0.25, -0.2) is 22.2 Å². The van der Waals surface area contributed by atoms with Gasteiger partial charge in [-0.15, -0.1) is 0 Å². The number of hydrogen-bond donors (Lipinski definition) is 1. The molecule has 9 heteroatoms. The van der Waals surface area contributed by atoms with E-state index in [1.165, 1.54) is 19.3 Å². The van der Waals surface area contributed by atoms with E-state index in [-0.39, 0.29) is 16.9 Å². The van der Waals surface area contributed by atoms with E-state index in [4.69, 9.17) is 0 Å². The topological polar surface area (TPSA) is 81.1 Å². The van der Waals surface area contributed by atoms with Crippen molar-refractivity contribution < 1.29 is 22.0 Å². The molecule has 2 saturated carbocycles. The average Bonchev–Trinajstić information content (AvgIpc) is 3.39. The van der Waals surface area contributed by atoms with Gasteiger partial charge in [-0.2, -0.15) is 0 Å². The number of halogens is 2. The van der Waals surface area contributed by atoms with Crippen molar-refractivity contribution in [3.8, 4) is 0 Å². The van der Waals surface area contributed by atoms with Gasteiger partial charge in [0.15, 0.2) is 0 Å². The predicted octanol–water partition coefficient (Wildman–Crippen LogP) is 4.19. The molecule has 0 spiro atoms. The molecule has 1 aromatic heterocycles. The highest BCUT2D eigenvalue weighted by atomic mass is 32.2. The molecule has 0 unspecified atom stereocenters. The average molecular weight is 452 g/mol. The Kier molecular flexibility index (Phi) is 5.66. The summed E-state index contributed by atoms with van der Waals surface area (Å²) in [5.41, 5.74) is 1.12. The highest BCUT2D eigenvalue weighted by molar-refractivity contribution is 7.92. The number of sulfone groups is 1. The summed E-state index contributed by atoms with van der Waals surface area (Å²) in [5, 5.41) is 2.10. The third-order valence-electron chi connectivity index (χ3n) is 6.98. The minimum Gasteiger partial charge on any atom is -0.323 e. The number of imidazole rings is 1. The van der Waals surface area contributed by atoms with E-state index in [0.29, 0.717) is 23.6 Å². The van der Waals surface area contributed by atoms with Crippen LogP contribution in [-0.2, 0) is 14.6 Å². The Morgan fingerprint density at radius 1 is 1.26 bits per heavy atom. The summed E-state index contributed by atoms with van der Waals surface area (Å²) in [5.74, 6) is -1.82. The first-order valence-electron chi connectivity index (χ1n) is 10.6. The van der Waals surface area contributed by atoms with Crippen molar-refractivity contribution in [3.63, 3.8) is 0 Å². The standard InChI is InChI=1S/C22H27F2N3O3S/c1-12-13(2)27(14(3)18-9-15-4-5-16(18)8-15)22(25-12)31(29,30)11-21(28)26-20-7-6-17(23)10-19(20)24/h6-7,10,14-16,18H,4-5,8-9,11H2,1-3H3,(H,26,28)/t14-,15-,16-,18+/m0/s1. The van der Waals surface area contributed by atoms with Crippen LogP contribution in [0.4, 0.5) is 14.5 Å². The van der Waals surface area contributed by atoms with Crippen molar-refractivity contribution in [2.45, 2.75) is 57.7 Å². The molecule has 1 heterocycles. The summed E-state index contributed by atoms with van der Waals surface area (Å²) in [6, 6.07) is 2.63. The quantitative estimate of drug-likeness (QED) is 0.714. The van der Waals surface area contributed by atoms with Crippen LogP contribution in [0.3, 0.4) is 0 Å². The number of carbonyl (C=O) groups is 1. The van der Waals surface area contributed by atoms with Gasteiger partial charge in [0, 0.05) is 17.8 Å². The van der Waals surface area contributed by atoms with Crippen molar-refractivity contribution in [2.24, 2.45) is 17.8 Å². The molecule has 1 N–H and O–H groups in total. The number of aryl methyl sites for hydroxylation is 1. The fourth-order valence-electron chi connectivity index (χ4n) is 5.39. The Morgan fingerprint density at radius 3 is 2.61 bits per heavy atom. The molecular weight excluding hydrogens is 424 g/mol. The maximum atomic E-state index is 13.8. The first kappa shape index (κ1) is 21.9. The van der Waals surface area contributed by atoms with Gasteiger partial charge in [0.2, 0.25) is 20.9 Å². The number of hydrogen-bond acceptors (Lipinski definition) is 4. The first-order valence-corrected chi connectivity index (χ1v) is 12.2. The smallest absolute Gasteiger partial charge is 0.240 e. The number of carbonyl (C=O) groups excluding carboxylic acids is 1. The molecule has 2 aliphatic carbocycles. The van der Waals surface area contributed by atoms with Crippen LogP contribution in [-0.4, -0.2) is 29.6 Å². The highest BCUT2D eigenvalue weighted by Gasteiger charge is 2.43. The lowest BCUT2D eigenvalue weighted by molar-refractivity contribution is -0.113. The molecule has 4 atom stereocenters. The van der Waals surface area contributed by atoms with Gasteiger partial charge in [0.1, 0.15) is 17.4 Å². The Labute approximate surface area is 181 Å². The zero-order chi connectivity index (χ0) is 22.5. The third kappa shape index (κ3) is 4.12. The predicted molar refractivity (Wildman–Crippen MR) is 112 cm³/mol. The lowest BCUT2D eigenvalue weighted by Crippen LogP contribution is -2.29. The molecule has 4 rings (SSSR count). The van der Waals surface area contributed by atoms with Crippen LogP contribution < -0.4 is 5.32 Å². The molecule has 6 nitrogen and oxygen atoms in total. The summed E-state index contributed by atoms with van der Waals surface area (Å²) in [7, 11) is -4.08. The lowest BCUT2D eigenvalue weighted by atomic mass is 9.84. The molecule has 2 aromatic rings. The van der Waals surface area contributed by atoms with E-state index in [1.54, 1.807) is 11.5 Å². The van der Waals surface area contributed by atoms with Crippen molar-refractivity contribution in [1.82, 2.24) is 9.55 Å². The molecular formula is C22H27F2N3O3S. The second kappa shape index (κ2) is 8.00. The molecule has 0 saturated heterocycles. The Hall–Kier alpha value is -2.29. The normalized spacial score (nSPS) is 23.8. The SMILES string of the molecule is Cc1nc(S(=O)(=O)CC(=O)Nc2ccc(F)cc2F)n([C@@H](C)[C@H]2C[C@H]3CC[C@H]2C3)c1C. The van der Waals surface area contributed by atoms with Crippen LogP contribution in [0.1, 0.15) is 50.0 Å². The van der Waals surface area contributed by atoms with E-state index in [2.05, 4.69) is 10.3 Å². The maximum absolute atomic E-state index is 13.8. The second-order valence-electron chi connectivity index (χ2n) is 8.95. The van der Waals surface area contributed by atoms with E-state index in [1.807, 2.05) is 13.8 Å². The van der Waals surface area contributed by atoms with E-state index >= 15 is 0 Å². The van der Waals surface area contributed by atoms with Gasteiger partial charge < -0.3 is 9.88 Å². The number of rotatable bonds is 6. The summed E-state index contributed by atoms with van der Waals surface area (Å²) in [6.45, 7) is 5.64. The summed E-state index contributed by atoms with van der Waals surface area (Å²) < 4.78 is 54.9. The third-order valence-corrected chi connectivity index (χ3v) is 8.47. The van der Waals surface area contributed by atoms with Crippen molar-refractivity contribution in [1.29, 1.82) is 0 Å². The molecule has 168 valence electrons. The number of anilines is 1. The molecule has 2 fully saturated rings. The zero-order valence-electron chi connectivity index (χ0n) is 17.9. The Balaban J connectivity index is 1.58. The Morgan fingerprint density at radius 2 is 2.00 bits per heavy atom. The van der Waals surface area contributed by atoms with Crippen LogP contribution >= 0.6 is 0 Å². The zero-order valence-corrected chi connectivity index (χ0v) is 18.7. The summed E-state index contributed by atoms with van der Waals surface area (Å²) in [4.78, 5) is 16.7. The maximum Gasteiger partial charge on any atom is 0.240 e. The minimum atomic E-state index is -4.08. The number of benzene rings is 1. The molecule has 0 radical (unpaired) electrons. The fraction of sp³-hybridized carbons (Fsp3) is 0.545. The van der Waals surface area contributed by atoms with E-state index < -0.39 is 33.1 Å². The van der Waals surface area contributed by atoms with Crippen LogP contribution in [0.2, 0.25) is 0 Å². The molecule has 0 aliphatic heterocycles. The molecule has 1 amide bonds. The van der Waals surface area contributed by atoms with E-state index in [0.717, 1.165) is 30.2 Å². The Bertz CT molecular complexity index is 1130. The van der Waals surface area contributed by atoms with Crippen LogP contribution in [0.25, 0.3) is 0 Å². The van der Waals surface area contributed by atoms with Gasteiger partial charge in [-0.05, 0) is 69.9 Å². The summed E-state index contributed by atoms with van der Waals surface area (Å²) >= 11 is 0. The minimum absolute atomic E-state index is 0.0427. The molecule has 2 aliphatic rings. The fourth-order valence-corrected chi connectivity index (χ4v) is 6.81. The number of nitrogens with one attached hydrogen (secondary N) is 1. The number of nitrogens with zero attached hydrogens (tertiary/aromatic N) is 2. The van der Waals surface area contributed by atoms with Crippen LogP contribution in [0.15, 0.2) is 23.4 Å². The van der Waals surface area contributed by atoms with Gasteiger partial charge in [-0.3, -0.25) is 4.79 Å². The number of amides is 1. The van der Waals surface area contributed by atoms with Crippen LogP contribution in [0, 0.1) is 43.2 Å². The molecule has 1 aromatic carbocycles. The van der Waals surface area contributed by atoms with Gasteiger partial charge in [-0.1, -0.05) is 6.42 Å². The largest absolute Gasteiger partial charge is 0.323 e. The van der Waals surface area contributed by atoms with Gasteiger partial charge in [0.05, 0.1) is 11.4 Å². The summed E-state index contributed by atoms with van der Waals surface area (Å²) in [6.07, 6.45) is 4.73. The molecule has 2 bridgehead atoms. The second-order valence-corrected chi connectivity index (χ2v) is 10.8. The monoisotopic (exact) mass is 451 g/mol. The number of fused-ring (bicyclic) bond motifs is 2. The first-order chi connectivity index (χ1) is 14.6.